The molecule has 0 N–H and O–H groups in total. The number of fused-ring (bicyclic) bond motifs is 1. The molecule has 0 radical (unpaired) electrons. The van der Waals surface area contributed by atoms with Crippen LogP contribution in [0.25, 0.3) is 17.2 Å². The summed E-state index contributed by atoms with van der Waals surface area (Å²) in [6, 6.07) is 11.4. The first-order valence-corrected chi connectivity index (χ1v) is 16.5. The molecule has 0 spiro atoms. The Hall–Kier alpha value is -0.357. The summed E-state index contributed by atoms with van der Waals surface area (Å²) < 4.78 is 0.277. The monoisotopic (exact) mass is 449 g/mol. The van der Waals surface area contributed by atoms with E-state index in [0.29, 0.717) is 0 Å². The molecule has 0 aliphatic heterocycles. The van der Waals surface area contributed by atoms with Crippen LogP contribution in [0.15, 0.2) is 35.9 Å². The van der Waals surface area contributed by atoms with Crippen molar-refractivity contribution in [2.24, 2.45) is 0 Å². The second-order valence-corrected chi connectivity index (χ2v) is 17.0. The third-order valence-corrected chi connectivity index (χ3v) is 10.5. The number of benzene rings is 2. The van der Waals surface area contributed by atoms with E-state index in [1.807, 2.05) is 0 Å². The maximum atomic E-state index is 6.51. The molecule has 0 nitrogen and oxygen atoms in total. The van der Waals surface area contributed by atoms with Crippen molar-refractivity contribution in [3.05, 3.63) is 63.7 Å². The molecule has 1 atom stereocenters. The summed E-state index contributed by atoms with van der Waals surface area (Å²) in [7, 11) is 13.0. The van der Waals surface area contributed by atoms with Gasteiger partial charge in [-0.15, -0.1) is 0 Å². The molecule has 0 saturated carbocycles. The molecule has 1 aliphatic rings. The van der Waals surface area contributed by atoms with Crippen molar-refractivity contribution >= 4 is 23.1 Å². The van der Waals surface area contributed by atoms with E-state index in [9.17, 15) is 0 Å². The van der Waals surface area contributed by atoms with Gasteiger partial charge in [0, 0.05) is 0 Å². The molecule has 25 heavy (non-hydrogen) atoms. The van der Waals surface area contributed by atoms with Gasteiger partial charge in [0.15, 0.2) is 0 Å². The van der Waals surface area contributed by atoms with E-state index in [2.05, 4.69) is 78.0 Å². The van der Waals surface area contributed by atoms with Crippen LogP contribution >= 0.6 is 17.0 Å². The van der Waals surface area contributed by atoms with Gasteiger partial charge in [-0.3, -0.25) is 0 Å². The van der Waals surface area contributed by atoms with Gasteiger partial charge >= 0.3 is 168 Å². The van der Waals surface area contributed by atoms with E-state index in [4.69, 9.17) is 17.0 Å². The van der Waals surface area contributed by atoms with Crippen LogP contribution in [-0.4, -0.2) is 0 Å². The minimum absolute atomic E-state index is 0.0748. The van der Waals surface area contributed by atoms with Gasteiger partial charge in [-0.05, 0) is 0 Å². The van der Waals surface area contributed by atoms with Crippen molar-refractivity contribution in [1.29, 1.82) is 0 Å². The van der Waals surface area contributed by atoms with Crippen molar-refractivity contribution in [3.8, 4) is 11.1 Å². The minimum atomic E-state index is -2.42. The average molecular weight is 452 g/mol. The van der Waals surface area contributed by atoms with Crippen LogP contribution in [0.4, 0.5) is 0 Å². The second-order valence-electron chi connectivity index (χ2n) is 8.23. The summed E-state index contributed by atoms with van der Waals surface area (Å²) in [5.74, 6) is 0. The first kappa shape index (κ1) is 19.4. The van der Waals surface area contributed by atoms with Crippen molar-refractivity contribution in [2.45, 2.75) is 50.6 Å². The Bertz CT molecular complexity index is 837. The van der Waals surface area contributed by atoms with Crippen LogP contribution in [-0.2, 0) is 24.8 Å². The topological polar surface area (TPSA) is 0 Å². The van der Waals surface area contributed by atoms with Crippen LogP contribution in [0.5, 0.6) is 0 Å². The summed E-state index contributed by atoms with van der Waals surface area (Å²) in [4.78, 5) is 0. The van der Waals surface area contributed by atoms with Crippen molar-refractivity contribution in [1.82, 2.24) is 0 Å². The molecule has 0 amide bonds. The third-order valence-electron chi connectivity index (χ3n) is 4.95. The molecule has 3 rings (SSSR count). The molecular formula is C22H25Cl2Zr. The van der Waals surface area contributed by atoms with Crippen LogP contribution in [0, 0.1) is 13.8 Å². The zero-order valence-corrected chi connectivity index (χ0v) is 19.8. The molecule has 0 aromatic heterocycles. The number of rotatable bonds is 2. The van der Waals surface area contributed by atoms with Gasteiger partial charge in [0.2, 0.25) is 0 Å². The summed E-state index contributed by atoms with van der Waals surface area (Å²) in [5.41, 5.74) is 10.7. The molecular weight excluding hydrogens is 426 g/mol. The quantitative estimate of drug-likeness (QED) is 0.440. The zero-order valence-electron chi connectivity index (χ0n) is 15.8. The van der Waals surface area contributed by atoms with E-state index in [1.54, 1.807) is 0 Å². The zero-order chi connectivity index (χ0) is 18.5. The van der Waals surface area contributed by atoms with Gasteiger partial charge in [-0.2, -0.15) is 0 Å². The van der Waals surface area contributed by atoms with Gasteiger partial charge in [0.25, 0.3) is 0 Å². The average Bonchev–Trinajstić information content (AvgIpc) is 2.79. The van der Waals surface area contributed by atoms with Gasteiger partial charge in [-0.1, -0.05) is 0 Å². The molecule has 131 valence electrons. The van der Waals surface area contributed by atoms with Crippen LogP contribution in [0.3, 0.4) is 0 Å². The predicted octanol–water partition coefficient (Wildman–Crippen LogP) is 7.65. The Morgan fingerprint density at radius 1 is 0.920 bits per heavy atom. The Morgan fingerprint density at radius 2 is 1.52 bits per heavy atom. The number of halogens is 2. The number of hydrogen-bond donors (Lipinski definition) is 0. The molecule has 2 aromatic carbocycles. The van der Waals surface area contributed by atoms with E-state index in [0.717, 1.165) is 0 Å². The normalized spacial score (nSPS) is 16.6. The van der Waals surface area contributed by atoms with E-state index >= 15 is 0 Å². The fourth-order valence-electron chi connectivity index (χ4n) is 3.94. The van der Waals surface area contributed by atoms with Crippen molar-refractivity contribution < 1.29 is 19.4 Å². The fourth-order valence-corrected chi connectivity index (χ4v) is 9.62. The Morgan fingerprint density at radius 3 is 2.04 bits per heavy atom. The maximum absolute atomic E-state index is 6.51. The Kier molecular flexibility index (Phi) is 5.43. The van der Waals surface area contributed by atoms with Crippen LogP contribution < -0.4 is 0 Å². The summed E-state index contributed by atoms with van der Waals surface area (Å²) in [6.45, 7) is 13.4. The summed E-state index contributed by atoms with van der Waals surface area (Å²) >= 11 is -2.42. The predicted molar refractivity (Wildman–Crippen MR) is 108 cm³/mol. The SMILES string of the molecule is CC1=Cc2c(ccc(C(C)(C)C)c2-c2cc(C)cc(C)c2)[CH]1[Zr]([Cl])[Cl]. The van der Waals surface area contributed by atoms with E-state index in [-0.39, 0.29) is 9.04 Å². The Labute approximate surface area is 167 Å². The van der Waals surface area contributed by atoms with Crippen molar-refractivity contribution in [2.75, 3.05) is 0 Å². The van der Waals surface area contributed by atoms with E-state index < -0.39 is 19.4 Å². The summed E-state index contributed by atoms with van der Waals surface area (Å²) in [6.07, 6.45) is 2.33. The van der Waals surface area contributed by atoms with Gasteiger partial charge in [-0.25, -0.2) is 0 Å². The number of allylic oxidation sites excluding steroid dienone is 1. The Balaban J connectivity index is 2.36. The van der Waals surface area contributed by atoms with Gasteiger partial charge < -0.3 is 0 Å². The molecule has 0 saturated heterocycles. The molecule has 0 heterocycles. The number of aryl methyl sites for hydroxylation is 2. The summed E-state index contributed by atoms with van der Waals surface area (Å²) in [5, 5.41) is 0. The van der Waals surface area contributed by atoms with Gasteiger partial charge in [0.05, 0.1) is 0 Å². The van der Waals surface area contributed by atoms with Gasteiger partial charge in [0.1, 0.15) is 0 Å². The third kappa shape index (κ3) is 3.71. The standard InChI is InChI=1S/C22H25.2ClH.Zr/c1-14-9-15(2)12-18(11-14)21-19-13-16(3)10-17(19)7-8-20(21)22(4,5)6;;;/h7-13H,1-6H3;2*1H;/q;;;+2/p-2. The molecule has 0 bridgehead atoms. The van der Waals surface area contributed by atoms with Crippen LogP contribution in [0.1, 0.15) is 59.1 Å². The fraction of sp³-hybridized carbons (Fsp3) is 0.364. The van der Waals surface area contributed by atoms with E-state index in [1.165, 1.54) is 44.5 Å². The molecule has 1 unspecified atom stereocenters. The van der Waals surface area contributed by atoms with Crippen LogP contribution in [0.2, 0.25) is 0 Å². The first-order chi connectivity index (χ1) is 11.6. The second kappa shape index (κ2) is 6.99. The number of hydrogen-bond acceptors (Lipinski definition) is 0. The molecule has 3 heteroatoms. The molecule has 0 fully saturated rings. The van der Waals surface area contributed by atoms with Crippen molar-refractivity contribution in [3.63, 3.8) is 0 Å². The molecule has 1 aliphatic carbocycles. The molecule has 2 aromatic rings. The first-order valence-electron chi connectivity index (χ1n) is 8.71.